The van der Waals surface area contributed by atoms with Crippen LogP contribution in [0.1, 0.15) is 17.0 Å². The molecule has 1 N–H and O–H groups in total. The van der Waals surface area contributed by atoms with E-state index >= 15 is 0 Å². The maximum absolute atomic E-state index is 13.7. The quantitative estimate of drug-likeness (QED) is 0.366. The summed E-state index contributed by atoms with van der Waals surface area (Å²) in [5.74, 6) is -2.22. The van der Waals surface area contributed by atoms with Crippen LogP contribution in [-0.4, -0.2) is 27.4 Å². The number of amides is 4. The summed E-state index contributed by atoms with van der Waals surface area (Å²) < 4.78 is 15.7. The lowest BCUT2D eigenvalue weighted by atomic mass is 10.1. The second-order valence-electron chi connectivity index (χ2n) is 7.98. The zero-order valence-electron chi connectivity index (χ0n) is 18.4. The number of hydrogen-bond donors (Lipinski definition) is 1. The molecule has 7 nitrogen and oxygen atoms in total. The Labute approximate surface area is 194 Å². The number of aryl methyl sites for hydroxylation is 1. The van der Waals surface area contributed by atoms with Gasteiger partial charge in [-0.3, -0.25) is 19.9 Å². The lowest BCUT2D eigenvalue weighted by Gasteiger charge is -2.26. The summed E-state index contributed by atoms with van der Waals surface area (Å²) >= 11 is 0. The van der Waals surface area contributed by atoms with Crippen molar-refractivity contribution in [1.82, 2.24) is 14.9 Å². The standard InChI is InChI=1S/C26H19FN4O3/c1-15-11-18(16(2)30(15)21-8-9-23-17(12-21)5-4-10-28-23)13-22-24(32)29-26(34)31(25(22)33)20-7-3-6-19(27)14-20/h3-14H,1-2H3,(H,29,32,34)/b22-13+. The summed E-state index contributed by atoms with van der Waals surface area (Å²) in [6.45, 7) is 3.81. The molecule has 0 radical (unpaired) electrons. The molecular formula is C26H19FN4O3. The van der Waals surface area contributed by atoms with Crippen molar-refractivity contribution in [2.45, 2.75) is 13.8 Å². The number of benzene rings is 2. The zero-order chi connectivity index (χ0) is 24.0. The number of carbonyl (C=O) groups excluding carboxylic acids is 3. The van der Waals surface area contributed by atoms with Gasteiger partial charge in [-0.25, -0.2) is 14.1 Å². The molecule has 4 aromatic rings. The first-order chi connectivity index (χ1) is 16.3. The number of aromatic nitrogens is 2. The molecule has 0 unspecified atom stereocenters. The zero-order valence-corrected chi connectivity index (χ0v) is 18.4. The third kappa shape index (κ3) is 3.55. The predicted molar refractivity (Wildman–Crippen MR) is 126 cm³/mol. The number of fused-ring (bicyclic) bond motifs is 1. The van der Waals surface area contributed by atoms with Crippen molar-refractivity contribution in [2.75, 3.05) is 4.90 Å². The molecule has 0 saturated carbocycles. The van der Waals surface area contributed by atoms with Crippen LogP contribution >= 0.6 is 0 Å². The molecule has 8 heteroatoms. The SMILES string of the molecule is Cc1cc(/C=C2\C(=O)NC(=O)N(c3cccc(F)c3)C2=O)c(C)n1-c1ccc2ncccc2c1. The molecule has 1 aliphatic heterocycles. The van der Waals surface area contributed by atoms with Gasteiger partial charge in [-0.1, -0.05) is 12.1 Å². The van der Waals surface area contributed by atoms with E-state index in [1.807, 2.05) is 54.8 Å². The van der Waals surface area contributed by atoms with Crippen LogP contribution in [-0.2, 0) is 9.59 Å². The number of barbiturate groups is 1. The molecule has 34 heavy (non-hydrogen) atoms. The number of hydrogen-bond acceptors (Lipinski definition) is 4. The second-order valence-corrected chi connectivity index (χ2v) is 7.98. The van der Waals surface area contributed by atoms with Gasteiger partial charge in [-0.15, -0.1) is 0 Å². The number of halogens is 1. The average Bonchev–Trinajstić information content (AvgIpc) is 3.09. The summed E-state index contributed by atoms with van der Waals surface area (Å²) in [7, 11) is 0. The van der Waals surface area contributed by atoms with Crippen LogP contribution in [0.5, 0.6) is 0 Å². The molecule has 1 fully saturated rings. The van der Waals surface area contributed by atoms with Crippen LogP contribution in [0.25, 0.3) is 22.7 Å². The molecule has 4 amide bonds. The third-order valence-electron chi connectivity index (χ3n) is 5.78. The van der Waals surface area contributed by atoms with Gasteiger partial charge >= 0.3 is 6.03 Å². The van der Waals surface area contributed by atoms with Crippen molar-refractivity contribution in [3.63, 3.8) is 0 Å². The van der Waals surface area contributed by atoms with Crippen LogP contribution < -0.4 is 10.2 Å². The first-order valence-corrected chi connectivity index (χ1v) is 10.5. The summed E-state index contributed by atoms with van der Waals surface area (Å²) in [6, 6.07) is 15.8. The van der Waals surface area contributed by atoms with Gasteiger partial charge in [0.1, 0.15) is 11.4 Å². The highest BCUT2D eigenvalue weighted by Crippen LogP contribution is 2.27. The highest BCUT2D eigenvalue weighted by molar-refractivity contribution is 6.39. The van der Waals surface area contributed by atoms with E-state index in [0.29, 0.717) is 5.56 Å². The summed E-state index contributed by atoms with van der Waals surface area (Å²) in [4.78, 5) is 43.1. The maximum atomic E-state index is 13.7. The molecule has 0 spiro atoms. The van der Waals surface area contributed by atoms with Gasteiger partial charge in [0.15, 0.2) is 0 Å². The maximum Gasteiger partial charge on any atom is 0.335 e. The van der Waals surface area contributed by atoms with Gasteiger partial charge in [-0.2, -0.15) is 0 Å². The van der Waals surface area contributed by atoms with Crippen LogP contribution in [0.3, 0.4) is 0 Å². The summed E-state index contributed by atoms with van der Waals surface area (Å²) in [5, 5.41) is 3.15. The minimum atomic E-state index is -0.923. The number of pyridine rings is 1. The Balaban J connectivity index is 1.57. The fourth-order valence-electron chi connectivity index (χ4n) is 4.20. The van der Waals surface area contributed by atoms with E-state index in [1.54, 1.807) is 6.20 Å². The fraction of sp³-hybridized carbons (Fsp3) is 0.0769. The van der Waals surface area contributed by atoms with Crippen molar-refractivity contribution < 1.29 is 18.8 Å². The fourth-order valence-corrected chi connectivity index (χ4v) is 4.20. The number of urea groups is 1. The average molecular weight is 454 g/mol. The smallest absolute Gasteiger partial charge is 0.318 e. The lowest BCUT2D eigenvalue weighted by Crippen LogP contribution is -2.54. The molecule has 3 heterocycles. The minimum Gasteiger partial charge on any atom is -0.318 e. The Hall–Kier alpha value is -4.59. The van der Waals surface area contributed by atoms with Gasteiger partial charge in [0, 0.05) is 28.7 Å². The summed E-state index contributed by atoms with van der Waals surface area (Å²) in [6.07, 6.45) is 3.19. The third-order valence-corrected chi connectivity index (χ3v) is 5.78. The van der Waals surface area contributed by atoms with Crippen molar-refractivity contribution in [3.8, 4) is 5.69 Å². The number of anilines is 1. The second kappa shape index (κ2) is 8.08. The number of carbonyl (C=O) groups is 3. The molecule has 0 aliphatic carbocycles. The predicted octanol–water partition coefficient (Wildman–Crippen LogP) is 4.45. The van der Waals surface area contributed by atoms with E-state index in [9.17, 15) is 18.8 Å². The molecule has 0 bridgehead atoms. The molecular weight excluding hydrogens is 435 g/mol. The lowest BCUT2D eigenvalue weighted by molar-refractivity contribution is -0.122. The van der Waals surface area contributed by atoms with Gasteiger partial charge in [0.05, 0.1) is 11.2 Å². The Kier molecular flexibility index (Phi) is 5.05. The van der Waals surface area contributed by atoms with E-state index in [-0.39, 0.29) is 11.3 Å². The van der Waals surface area contributed by atoms with Gasteiger partial charge in [0.25, 0.3) is 11.8 Å². The first-order valence-electron chi connectivity index (χ1n) is 10.5. The van der Waals surface area contributed by atoms with Crippen molar-refractivity contribution in [2.24, 2.45) is 0 Å². The van der Waals surface area contributed by atoms with Crippen LogP contribution in [0.4, 0.5) is 14.9 Å². The molecule has 2 aromatic heterocycles. The van der Waals surface area contributed by atoms with E-state index in [0.717, 1.165) is 38.9 Å². The first kappa shape index (κ1) is 21.3. The molecule has 168 valence electrons. The van der Waals surface area contributed by atoms with E-state index < -0.39 is 23.7 Å². The topological polar surface area (TPSA) is 84.3 Å². The molecule has 1 saturated heterocycles. The normalized spacial score (nSPS) is 15.3. The largest absolute Gasteiger partial charge is 0.335 e. The number of nitrogens with zero attached hydrogens (tertiary/aromatic N) is 3. The Bertz CT molecular complexity index is 1540. The Morgan fingerprint density at radius 2 is 1.76 bits per heavy atom. The highest BCUT2D eigenvalue weighted by atomic mass is 19.1. The Morgan fingerprint density at radius 3 is 2.56 bits per heavy atom. The van der Waals surface area contributed by atoms with E-state index in [4.69, 9.17) is 0 Å². The van der Waals surface area contributed by atoms with Crippen molar-refractivity contribution >= 4 is 40.5 Å². The van der Waals surface area contributed by atoms with Crippen LogP contribution in [0.2, 0.25) is 0 Å². The number of nitrogens with one attached hydrogen (secondary N) is 1. The van der Waals surface area contributed by atoms with Gasteiger partial charge in [-0.05, 0) is 74.0 Å². The van der Waals surface area contributed by atoms with Gasteiger partial charge in [0.2, 0.25) is 0 Å². The van der Waals surface area contributed by atoms with Gasteiger partial charge < -0.3 is 4.57 Å². The molecule has 2 aromatic carbocycles. The number of imide groups is 2. The van der Waals surface area contributed by atoms with Crippen LogP contribution in [0.15, 0.2) is 72.4 Å². The Morgan fingerprint density at radius 1 is 0.941 bits per heavy atom. The van der Waals surface area contributed by atoms with Crippen molar-refractivity contribution in [1.29, 1.82) is 0 Å². The van der Waals surface area contributed by atoms with Crippen LogP contribution in [0, 0.1) is 19.7 Å². The monoisotopic (exact) mass is 454 g/mol. The summed E-state index contributed by atoms with van der Waals surface area (Å²) in [5.41, 5.74) is 3.97. The van der Waals surface area contributed by atoms with E-state index in [2.05, 4.69) is 10.3 Å². The molecule has 0 atom stereocenters. The molecule has 1 aliphatic rings. The minimum absolute atomic E-state index is 0.0381. The number of rotatable bonds is 3. The van der Waals surface area contributed by atoms with Crippen molar-refractivity contribution in [3.05, 3.63) is 95.2 Å². The highest BCUT2D eigenvalue weighted by Gasteiger charge is 2.37. The van der Waals surface area contributed by atoms with E-state index in [1.165, 1.54) is 24.3 Å². The molecule has 5 rings (SSSR count).